The number of carbonyl (C=O) groups excluding carboxylic acids is 3. The number of amides is 2. The van der Waals surface area contributed by atoms with Gasteiger partial charge in [-0.3, -0.25) is 29.3 Å². The molecule has 0 radical (unpaired) electrons. The predicted molar refractivity (Wildman–Crippen MR) is 233 cm³/mol. The van der Waals surface area contributed by atoms with E-state index in [-0.39, 0.29) is 42.1 Å². The second-order valence-corrected chi connectivity index (χ2v) is 20.9. The van der Waals surface area contributed by atoms with Crippen LogP contribution in [0.2, 0.25) is 0 Å². The Balaban J connectivity index is 1.07. The van der Waals surface area contributed by atoms with Gasteiger partial charge < -0.3 is 33.6 Å². The van der Waals surface area contributed by atoms with Crippen molar-refractivity contribution in [2.24, 2.45) is 16.7 Å². The minimum atomic E-state index is -1.01. The molecule has 3 aromatic heterocycles. The number of nitrogens with zero attached hydrogens (tertiary/aromatic N) is 5. The number of hydrogen-bond acceptors (Lipinski definition) is 13. The van der Waals surface area contributed by atoms with Crippen LogP contribution in [0, 0.1) is 16.7 Å². The lowest BCUT2D eigenvalue weighted by Gasteiger charge is -2.58. The van der Waals surface area contributed by atoms with Crippen LogP contribution in [-0.2, 0) is 44.5 Å². The topological polar surface area (TPSA) is 159 Å². The standard InChI is InChI=1S/C47H57N7O8S/c1-26-29-15-47(16-29,62-26)44(57)50-38-40(52-21-46(22-52)24-60-25-46)41-49-35(20-63-41)28-10-11-36-32(14-28)33(17-45(3,4)23-61-43(56)34-9-7-13-53(51-34)42(38)55)39(54(36)30-18-59-19-30)31-8-6-12-48-37(31)27(2)58-5/h6,8,10-12,14,20,26-27,29-30,34,38,40,51H,7,9,13,15-19,21-25H2,1-5H3,(H,50,57)/t26?,27-,29?,34-,38-,40-,47?/m0/s1. The molecule has 1 aliphatic carbocycles. The SMILES string of the molecule is CO[C@@H](C)c1ncccc1-c1c2c3cc(ccc3n1C1COC1)-c1csc(n1)[C@@H](N1CC3(COC3)C1)[C@H](NC(=O)C13CC(C1)C(C)O3)C(=O)N1CCC[C@H](N1)C(=O)OCC(C)(C)C2. The molecule has 334 valence electrons. The second kappa shape index (κ2) is 15.4. The molecule has 2 N–H and O–H groups in total. The van der Waals surface area contributed by atoms with Crippen LogP contribution in [0.15, 0.2) is 41.9 Å². The molecule has 1 saturated carbocycles. The summed E-state index contributed by atoms with van der Waals surface area (Å²) in [6.07, 6.45) is 4.50. The Bertz CT molecular complexity index is 2460. The number of fused-ring (bicyclic) bond motifs is 7. The quantitative estimate of drug-likeness (QED) is 0.236. The van der Waals surface area contributed by atoms with Gasteiger partial charge in [0.25, 0.3) is 11.8 Å². The molecule has 63 heavy (non-hydrogen) atoms. The lowest BCUT2D eigenvalue weighted by molar-refractivity contribution is -0.203. The van der Waals surface area contributed by atoms with Gasteiger partial charge in [0.1, 0.15) is 22.7 Å². The fourth-order valence-electron chi connectivity index (χ4n) is 11.1. The number of nitrogens with one attached hydrogen (secondary N) is 2. The Morgan fingerprint density at radius 2 is 1.90 bits per heavy atom. The molecule has 8 bridgehead atoms. The van der Waals surface area contributed by atoms with Crippen molar-refractivity contribution in [1.82, 2.24) is 35.2 Å². The van der Waals surface area contributed by atoms with Crippen LogP contribution >= 0.6 is 11.3 Å². The summed E-state index contributed by atoms with van der Waals surface area (Å²) < 4.78 is 32.3. The lowest BCUT2D eigenvalue weighted by atomic mass is 9.72. The summed E-state index contributed by atoms with van der Waals surface area (Å²) in [7, 11) is 1.70. The van der Waals surface area contributed by atoms with Crippen LogP contribution in [0.1, 0.15) is 87.8 Å². The molecule has 1 aromatic carbocycles. The molecular formula is C47H57N7O8S. The van der Waals surface area contributed by atoms with E-state index in [2.05, 4.69) is 63.7 Å². The minimum Gasteiger partial charge on any atom is -0.464 e. The number of ether oxygens (including phenoxy) is 5. The lowest BCUT2D eigenvalue weighted by Crippen LogP contribution is -2.70. The first-order chi connectivity index (χ1) is 30.3. The van der Waals surface area contributed by atoms with E-state index in [1.807, 2.05) is 26.1 Å². The van der Waals surface area contributed by atoms with E-state index in [9.17, 15) is 9.59 Å². The molecular weight excluding hydrogens is 823 g/mol. The van der Waals surface area contributed by atoms with Gasteiger partial charge >= 0.3 is 5.97 Å². The molecule has 1 spiro atoms. The maximum absolute atomic E-state index is 15.1. The van der Waals surface area contributed by atoms with Gasteiger partial charge in [-0.2, -0.15) is 0 Å². The number of hydrogen-bond donors (Lipinski definition) is 2. The van der Waals surface area contributed by atoms with Crippen LogP contribution in [-0.4, -0.2) is 126 Å². The highest BCUT2D eigenvalue weighted by Gasteiger charge is 2.62. The summed E-state index contributed by atoms with van der Waals surface area (Å²) in [4.78, 5) is 56.1. The van der Waals surface area contributed by atoms with Crippen LogP contribution < -0.4 is 10.7 Å². The Morgan fingerprint density at radius 3 is 2.60 bits per heavy atom. The summed E-state index contributed by atoms with van der Waals surface area (Å²) in [5, 5.41) is 8.66. The molecule has 4 aromatic rings. The summed E-state index contributed by atoms with van der Waals surface area (Å²) in [5.74, 6) is -0.664. The smallest absolute Gasteiger partial charge is 0.324 e. The van der Waals surface area contributed by atoms with Gasteiger partial charge in [-0.25, -0.2) is 10.4 Å². The van der Waals surface area contributed by atoms with Crippen molar-refractivity contribution in [3.05, 3.63) is 58.2 Å². The van der Waals surface area contributed by atoms with Gasteiger partial charge in [-0.1, -0.05) is 19.9 Å². The Kier molecular flexibility index (Phi) is 10.1. The highest BCUT2D eigenvalue weighted by atomic mass is 32.1. The van der Waals surface area contributed by atoms with E-state index >= 15 is 4.79 Å². The summed E-state index contributed by atoms with van der Waals surface area (Å²) in [6, 6.07) is 8.42. The summed E-state index contributed by atoms with van der Waals surface area (Å²) in [5.41, 5.74) is 8.64. The average molecular weight is 880 g/mol. The molecule has 7 aliphatic heterocycles. The number of likely N-dealkylation sites (tertiary alicyclic amines) is 1. The van der Waals surface area contributed by atoms with Gasteiger partial charge in [-0.15, -0.1) is 11.3 Å². The van der Waals surface area contributed by atoms with Gasteiger partial charge in [0.15, 0.2) is 0 Å². The van der Waals surface area contributed by atoms with E-state index in [0.29, 0.717) is 84.1 Å². The number of methoxy groups -OCH3 is 1. The molecule has 6 saturated heterocycles. The summed E-state index contributed by atoms with van der Waals surface area (Å²) in [6.45, 7) is 12.7. The van der Waals surface area contributed by atoms with Crippen LogP contribution in [0.3, 0.4) is 0 Å². The van der Waals surface area contributed by atoms with Gasteiger partial charge in [0.05, 0.1) is 74.4 Å². The number of aromatic nitrogens is 3. The number of esters is 1. The Labute approximate surface area is 371 Å². The average Bonchev–Trinajstić information content (AvgIpc) is 3.99. The van der Waals surface area contributed by atoms with E-state index < -0.39 is 35.1 Å². The second-order valence-electron chi connectivity index (χ2n) is 20.0. The van der Waals surface area contributed by atoms with E-state index in [1.165, 1.54) is 16.3 Å². The molecule has 16 heteroatoms. The molecule has 12 rings (SSSR count). The van der Waals surface area contributed by atoms with Crippen molar-refractivity contribution < 1.29 is 38.1 Å². The first-order valence-corrected chi connectivity index (χ1v) is 23.5. The highest BCUT2D eigenvalue weighted by molar-refractivity contribution is 7.10. The number of benzene rings is 1. The molecule has 5 atom stereocenters. The molecule has 15 nitrogen and oxygen atoms in total. The fourth-order valence-corrected chi connectivity index (χ4v) is 12.1. The number of pyridine rings is 1. The normalized spacial score (nSPS) is 30.7. The maximum atomic E-state index is 15.1. The number of hydrazine groups is 1. The molecule has 2 amide bonds. The van der Waals surface area contributed by atoms with Crippen molar-refractivity contribution in [1.29, 1.82) is 0 Å². The van der Waals surface area contributed by atoms with Crippen LogP contribution in [0.5, 0.6) is 0 Å². The molecule has 8 aliphatic rings. The van der Waals surface area contributed by atoms with Crippen molar-refractivity contribution in [2.45, 2.75) is 102 Å². The van der Waals surface area contributed by atoms with Crippen molar-refractivity contribution in [3.63, 3.8) is 0 Å². The molecule has 10 heterocycles. The monoisotopic (exact) mass is 879 g/mol. The third kappa shape index (κ3) is 6.93. The minimum absolute atomic E-state index is 0.0170. The zero-order valence-electron chi connectivity index (χ0n) is 36.7. The fraction of sp³-hybridized carbons (Fsp3) is 0.596. The van der Waals surface area contributed by atoms with E-state index in [0.717, 1.165) is 49.7 Å². The highest BCUT2D eigenvalue weighted by Crippen LogP contribution is 2.53. The number of carbonyl (C=O) groups is 3. The maximum Gasteiger partial charge on any atom is 0.324 e. The van der Waals surface area contributed by atoms with Gasteiger partial charge in [0, 0.05) is 71.2 Å². The third-order valence-corrected chi connectivity index (χ3v) is 15.7. The number of rotatable bonds is 7. The largest absolute Gasteiger partial charge is 0.464 e. The van der Waals surface area contributed by atoms with Gasteiger partial charge in [0.2, 0.25) is 0 Å². The third-order valence-electron chi connectivity index (χ3n) is 14.8. The zero-order chi connectivity index (χ0) is 43.4. The number of thiazole rings is 1. The molecule has 1 unspecified atom stereocenters. The predicted octanol–water partition coefficient (Wildman–Crippen LogP) is 5.15. The number of cyclic esters (lactones) is 1. The Morgan fingerprint density at radius 1 is 1.10 bits per heavy atom. The molecule has 7 fully saturated rings. The van der Waals surface area contributed by atoms with Crippen LogP contribution in [0.25, 0.3) is 33.4 Å². The Hall–Kier alpha value is -4.29. The van der Waals surface area contributed by atoms with Gasteiger partial charge in [-0.05, 0) is 81.7 Å². The zero-order valence-corrected chi connectivity index (χ0v) is 37.5. The van der Waals surface area contributed by atoms with E-state index in [4.69, 9.17) is 33.7 Å². The first kappa shape index (κ1) is 41.4. The first-order valence-electron chi connectivity index (χ1n) is 22.6. The van der Waals surface area contributed by atoms with Crippen molar-refractivity contribution >= 4 is 40.0 Å². The van der Waals surface area contributed by atoms with Crippen molar-refractivity contribution in [3.8, 4) is 22.5 Å². The van der Waals surface area contributed by atoms with E-state index in [1.54, 1.807) is 7.11 Å². The van der Waals surface area contributed by atoms with Crippen LogP contribution in [0.4, 0.5) is 0 Å². The summed E-state index contributed by atoms with van der Waals surface area (Å²) >= 11 is 1.51. The van der Waals surface area contributed by atoms with Crippen molar-refractivity contribution in [2.75, 3.05) is 59.8 Å².